The summed E-state index contributed by atoms with van der Waals surface area (Å²) in [6, 6.07) is 5.06. The van der Waals surface area contributed by atoms with Crippen LogP contribution in [-0.4, -0.2) is 32.1 Å². The van der Waals surface area contributed by atoms with Crippen molar-refractivity contribution in [1.29, 1.82) is 0 Å². The number of halogens is 1. The van der Waals surface area contributed by atoms with Gasteiger partial charge in [-0.15, -0.1) is 0 Å². The SMILES string of the molecule is CNCc1cc(F)ccc1N1CCC(NC(C)=O)C1. The molecule has 1 fully saturated rings. The number of carbonyl (C=O) groups excluding carboxylic acids is 1. The van der Waals surface area contributed by atoms with E-state index in [1.165, 1.54) is 13.0 Å². The van der Waals surface area contributed by atoms with Crippen LogP contribution in [0.25, 0.3) is 0 Å². The van der Waals surface area contributed by atoms with Crippen molar-refractivity contribution in [1.82, 2.24) is 10.6 Å². The molecule has 0 aromatic heterocycles. The van der Waals surface area contributed by atoms with E-state index in [-0.39, 0.29) is 17.8 Å². The minimum Gasteiger partial charge on any atom is -0.369 e. The molecule has 1 atom stereocenters. The number of anilines is 1. The van der Waals surface area contributed by atoms with E-state index in [9.17, 15) is 9.18 Å². The minimum atomic E-state index is -0.216. The van der Waals surface area contributed by atoms with E-state index >= 15 is 0 Å². The quantitative estimate of drug-likeness (QED) is 0.861. The van der Waals surface area contributed by atoms with Gasteiger partial charge in [-0.1, -0.05) is 0 Å². The Labute approximate surface area is 113 Å². The van der Waals surface area contributed by atoms with Gasteiger partial charge in [-0.2, -0.15) is 0 Å². The fraction of sp³-hybridized carbons (Fsp3) is 0.500. The summed E-state index contributed by atoms with van der Waals surface area (Å²) < 4.78 is 13.3. The molecule has 2 rings (SSSR count). The molecule has 0 bridgehead atoms. The van der Waals surface area contributed by atoms with Gasteiger partial charge in [0.1, 0.15) is 5.82 Å². The molecular formula is C14H20FN3O. The summed E-state index contributed by atoms with van der Waals surface area (Å²) >= 11 is 0. The maximum Gasteiger partial charge on any atom is 0.217 e. The second-order valence-corrected chi connectivity index (χ2v) is 4.94. The minimum absolute atomic E-state index is 0.00130. The Morgan fingerprint density at radius 3 is 3.00 bits per heavy atom. The van der Waals surface area contributed by atoms with Crippen LogP contribution in [0.15, 0.2) is 18.2 Å². The standard InChI is InChI=1S/C14H20FN3O/c1-10(19)17-13-5-6-18(9-13)14-4-3-12(15)7-11(14)8-16-2/h3-4,7,13,16H,5-6,8-9H2,1-2H3,(H,17,19). The lowest BCUT2D eigenvalue weighted by Gasteiger charge is -2.22. The van der Waals surface area contributed by atoms with Crippen molar-refractivity contribution >= 4 is 11.6 Å². The van der Waals surface area contributed by atoms with Crippen LogP contribution in [0.3, 0.4) is 0 Å². The van der Waals surface area contributed by atoms with Crippen molar-refractivity contribution in [3.63, 3.8) is 0 Å². The number of nitrogens with one attached hydrogen (secondary N) is 2. The van der Waals surface area contributed by atoms with E-state index in [1.54, 1.807) is 6.07 Å². The zero-order valence-corrected chi connectivity index (χ0v) is 11.4. The lowest BCUT2D eigenvalue weighted by molar-refractivity contribution is -0.119. The van der Waals surface area contributed by atoms with Crippen LogP contribution in [0.4, 0.5) is 10.1 Å². The molecule has 1 heterocycles. The van der Waals surface area contributed by atoms with Gasteiger partial charge in [-0.05, 0) is 37.2 Å². The lowest BCUT2D eigenvalue weighted by Crippen LogP contribution is -2.35. The Kier molecular flexibility index (Phi) is 4.37. The fourth-order valence-corrected chi connectivity index (χ4v) is 2.58. The zero-order valence-electron chi connectivity index (χ0n) is 11.4. The largest absolute Gasteiger partial charge is 0.369 e. The maximum absolute atomic E-state index is 13.3. The van der Waals surface area contributed by atoms with Gasteiger partial charge in [0.15, 0.2) is 0 Å². The molecule has 0 aliphatic carbocycles. The van der Waals surface area contributed by atoms with Crippen molar-refractivity contribution in [3.05, 3.63) is 29.6 Å². The summed E-state index contributed by atoms with van der Waals surface area (Å²) in [7, 11) is 1.85. The Hall–Kier alpha value is -1.62. The number of hydrogen-bond acceptors (Lipinski definition) is 3. The van der Waals surface area contributed by atoms with E-state index < -0.39 is 0 Å². The highest BCUT2D eigenvalue weighted by Crippen LogP contribution is 2.25. The first-order chi connectivity index (χ1) is 9.10. The molecule has 1 aliphatic heterocycles. The number of hydrogen-bond donors (Lipinski definition) is 2. The molecule has 1 unspecified atom stereocenters. The molecule has 1 saturated heterocycles. The molecule has 0 radical (unpaired) electrons. The number of amides is 1. The summed E-state index contributed by atoms with van der Waals surface area (Å²) in [6.07, 6.45) is 0.927. The normalized spacial score (nSPS) is 18.7. The van der Waals surface area contributed by atoms with Gasteiger partial charge < -0.3 is 15.5 Å². The van der Waals surface area contributed by atoms with Crippen molar-refractivity contribution in [3.8, 4) is 0 Å². The fourth-order valence-electron chi connectivity index (χ4n) is 2.58. The zero-order chi connectivity index (χ0) is 13.8. The Morgan fingerprint density at radius 1 is 1.53 bits per heavy atom. The van der Waals surface area contributed by atoms with Crippen molar-refractivity contribution in [2.75, 3.05) is 25.0 Å². The monoisotopic (exact) mass is 265 g/mol. The van der Waals surface area contributed by atoms with Gasteiger partial charge in [0.2, 0.25) is 5.91 Å². The molecule has 104 valence electrons. The highest BCUT2D eigenvalue weighted by atomic mass is 19.1. The first-order valence-electron chi connectivity index (χ1n) is 6.55. The summed E-state index contributed by atoms with van der Waals surface area (Å²) in [6.45, 7) is 3.83. The van der Waals surface area contributed by atoms with E-state index in [0.717, 1.165) is 30.8 Å². The number of carbonyl (C=O) groups is 1. The van der Waals surface area contributed by atoms with Crippen LogP contribution in [-0.2, 0) is 11.3 Å². The first-order valence-corrected chi connectivity index (χ1v) is 6.55. The van der Waals surface area contributed by atoms with Gasteiger partial charge in [0.25, 0.3) is 0 Å². The summed E-state index contributed by atoms with van der Waals surface area (Å²) in [4.78, 5) is 13.3. The number of nitrogens with zero attached hydrogens (tertiary/aromatic N) is 1. The van der Waals surface area contributed by atoms with E-state index in [4.69, 9.17) is 0 Å². The molecule has 0 spiro atoms. The average molecular weight is 265 g/mol. The van der Waals surface area contributed by atoms with Crippen LogP contribution in [0.1, 0.15) is 18.9 Å². The molecular weight excluding hydrogens is 245 g/mol. The Morgan fingerprint density at radius 2 is 2.32 bits per heavy atom. The van der Waals surface area contributed by atoms with Gasteiger partial charge in [0, 0.05) is 38.3 Å². The van der Waals surface area contributed by atoms with Crippen molar-refractivity contribution < 1.29 is 9.18 Å². The van der Waals surface area contributed by atoms with Crippen LogP contribution < -0.4 is 15.5 Å². The second kappa shape index (κ2) is 6.02. The summed E-state index contributed by atoms with van der Waals surface area (Å²) in [5.74, 6) is -0.215. The average Bonchev–Trinajstić information content (AvgIpc) is 2.77. The Bertz CT molecular complexity index is 464. The predicted molar refractivity (Wildman–Crippen MR) is 73.6 cm³/mol. The summed E-state index contributed by atoms with van der Waals surface area (Å²) in [5, 5.41) is 5.99. The van der Waals surface area contributed by atoms with Crippen LogP contribution in [0.2, 0.25) is 0 Å². The molecule has 19 heavy (non-hydrogen) atoms. The predicted octanol–water partition coefficient (Wildman–Crippen LogP) is 1.26. The number of benzene rings is 1. The van der Waals surface area contributed by atoms with Crippen LogP contribution >= 0.6 is 0 Å². The highest BCUT2D eigenvalue weighted by molar-refractivity contribution is 5.73. The van der Waals surface area contributed by atoms with Crippen molar-refractivity contribution in [2.24, 2.45) is 0 Å². The number of rotatable bonds is 4. The van der Waals surface area contributed by atoms with Gasteiger partial charge in [-0.3, -0.25) is 4.79 Å². The van der Waals surface area contributed by atoms with Gasteiger partial charge in [0.05, 0.1) is 0 Å². The summed E-state index contributed by atoms with van der Waals surface area (Å²) in [5.41, 5.74) is 1.99. The van der Waals surface area contributed by atoms with Crippen LogP contribution in [0.5, 0.6) is 0 Å². The maximum atomic E-state index is 13.3. The third-order valence-electron chi connectivity index (χ3n) is 3.35. The van der Waals surface area contributed by atoms with E-state index in [0.29, 0.717) is 6.54 Å². The third-order valence-corrected chi connectivity index (χ3v) is 3.35. The van der Waals surface area contributed by atoms with E-state index in [1.807, 2.05) is 13.1 Å². The molecule has 1 aromatic rings. The lowest BCUT2D eigenvalue weighted by atomic mass is 10.1. The Balaban J connectivity index is 2.12. The van der Waals surface area contributed by atoms with Gasteiger partial charge >= 0.3 is 0 Å². The van der Waals surface area contributed by atoms with Crippen molar-refractivity contribution in [2.45, 2.75) is 25.9 Å². The molecule has 4 nitrogen and oxygen atoms in total. The topological polar surface area (TPSA) is 44.4 Å². The van der Waals surface area contributed by atoms with Gasteiger partial charge in [-0.25, -0.2) is 4.39 Å². The third kappa shape index (κ3) is 3.44. The smallest absolute Gasteiger partial charge is 0.217 e. The second-order valence-electron chi connectivity index (χ2n) is 4.94. The molecule has 0 saturated carbocycles. The molecule has 1 aromatic carbocycles. The highest BCUT2D eigenvalue weighted by Gasteiger charge is 2.24. The van der Waals surface area contributed by atoms with Crippen LogP contribution in [0, 0.1) is 5.82 Å². The van der Waals surface area contributed by atoms with E-state index in [2.05, 4.69) is 15.5 Å². The molecule has 2 N–H and O–H groups in total. The molecule has 1 amide bonds. The molecule has 1 aliphatic rings. The first kappa shape index (κ1) is 13.8. The molecule has 5 heteroatoms.